The maximum Gasteiger partial charge on any atom is 0.323 e. The molecule has 0 saturated carbocycles. The van der Waals surface area contributed by atoms with Crippen molar-refractivity contribution >= 4 is 5.97 Å². The highest BCUT2D eigenvalue weighted by atomic mass is 16.4. The molecule has 0 aromatic heterocycles. The Kier molecular flexibility index (Phi) is 8.00. The lowest BCUT2D eigenvalue weighted by molar-refractivity contribution is -0.149. The fraction of sp³-hybridized carbons (Fsp3) is 0.900. The number of carboxylic acid groups (broad SMARTS) is 1. The second-order valence-electron chi connectivity index (χ2n) is 4.15. The summed E-state index contributed by atoms with van der Waals surface area (Å²) in [4.78, 5) is 12.1. The van der Waals surface area contributed by atoms with Crippen LogP contribution in [-0.2, 0) is 4.79 Å². The van der Waals surface area contributed by atoms with E-state index in [0.717, 1.165) is 4.90 Å². The highest BCUT2D eigenvalue weighted by Gasteiger charge is 2.32. The Balaban J connectivity index is 4.85. The van der Waals surface area contributed by atoms with Crippen LogP contribution in [0.1, 0.15) is 6.92 Å². The molecule has 108 valence electrons. The zero-order valence-electron chi connectivity index (χ0n) is 10.2. The summed E-state index contributed by atoms with van der Waals surface area (Å²) in [5.41, 5.74) is 0. The molecular weight excluding hydrogens is 246 g/mol. The Hall–Kier alpha value is -0.770. The fourth-order valence-corrected chi connectivity index (χ4v) is 1.63. The van der Waals surface area contributed by atoms with Gasteiger partial charge >= 0.3 is 5.97 Å². The maximum atomic E-state index is 11.0. The molecule has 4 atom stereocenters. The van der Waals surface area contributed by atoms with E-state index in [0.29, 0.717) is 0 Å². The Morgan fingerprint density at radius 3 is 1.67 bits per heavy atom. The van der Waals surface area contributed by atoms with Crippen molar-refractivity contribution in [3.63, 3.8) is 0 Å². The summed E-state index contributed by atoms with van der Waals surface area (Å²) >= 11 is 0. The van der Waals surface area contributed by atoms with Gasteiger partial charge < -0.3 is 30.6 Å². The molecule has 6 N–H and O–H groups in total. The number of rotatable bonds is 9. The Bertz CT molecular complexity index is 236. The summed E-state index contributed by atoms with van der Waals surface area (Å²) in [6.07, 6.45) is -3.63. The average Bonchev–Trinajstić information content (AvgIpc) is 2.27. The molecule has 8 heteroatoms. The summed E-state index contributed by atoms with van der Waals surface area (Å²) in [6, 6.07) is -1.34. The van der Waals surface area contributed by atoms with Crippen LogP contribution < -0.4 is 0 Å². The van der Waals surface area contributed by atoms with Crippen LogP contribution in [0.5, 0.6) is 0 Å². The van der Waals surface area contributed by atoms with Gasteiger partial charge in [-0.3, -0.25) is 9.69 Å². The molecule has 8 nitrogen and oxygen atoms in total. The lowest BCUT2D eigenvalue weighted by Crippen LogP contribution is -2.53. The second-order valence-corrected chi connectivity index (χ2v) is 4.15. The summed E-state index contributed by atoms with van der Waals surface area (Å²) in [6.45, 7) is -0.358. The van der Waals surface area contributed by atoms with Crippen LogP contribution in [0.2, 0.25) is 0 Å². The molecule has 0 bridgehead atoms. The fourth-order valence-electron chi connectivity index (χ4n) is 1.63. The van der Waals surface area contributed by atoms with Crippen molar-refractivity contribution in [1.82, 2.24) is 4.90 Å². The zero-order valence-corrected chi connectivity index (χ0v) is 10.2. The van der Waals surface area contributed by atoms with Gasteiger partial charge in [0.05, 0.1) is 31.5 Å². The molecule has 0 aliphatic carbocycles. The van der Waals surface area contributed by atoms with E-state index < -0.39 is 43.5 Å². The van der Waals surface area contributed by atoms with Crippen molar-refractivity contribution in [2.75, 3.05) is 26.3 Å². The first-order valence-corrected chi connectivity index (χ1v) is 5.56. The smallest absolute Gasteiger partial charge is 0.323 e. The van der Waals surface area contributed by atoms with Gasteiger partial charge in [0.2, 0.25) is 0 Å². The third-order valence-electron chi connectivity index (χ3n) is 2.42. The molecular formula is C10H21NO7. The SMILES string of the molecule is C[C@@H](O)[C@@H](C(=O)O)N(CC(O)CO)CC(O)CO. The van der Waals surface area contributed by atoms with Crippen LogP contribution in [0, 0.1) is 0 Å². The van der Waals surface area contributed by atoms with E-state index >= 15 is 0 Å². The van der Waals surface area contributed by atoms with Crippen molar-refractivity contribution in [2.24, 2.45) is 0 Å². The molecule has 0 radical (unpaired) electrons. The minimum atomic E-state index is -1.34. The first-order chi connectivity index (χ1) is 8.33. The molecule has 0 amide bonds. The van der Waals surface area contributed by atoms with E-state index in [-0.39, 0.29) is 13.1 Å². The lowest BCUT2D eigenvalue weighted by atomic mass is 10.1. The van der Waals surface area contributed by atoms with Gasteiger partial charge in [0.25, 0.3) is 0 Å². The Morgan fingerprint density at radius 2 is 1.44 bits per heavy atom. The molecule has 0 spiro atoms. The average molecular weight is 267 g/mol. The van der Waals surface area contributed by atoms with E-state index in [1.165, 1.54) is 6.92 Å². The number of nitrogens with zero attached hydrogens (tertiary/aromatic N) is 1. The van der Waals surface area contributed by atoms with Crippen LogP contribution in [-0.4, -0.2) is 92.2 Å². The normalized spacial score (nSPS) is 18.4. The van der Waals surface area contributed by atoms with Crippen LogP contribution in [0.4, 0.5) is 0 Å². The van der Waals surface area contributed by atoms with Crippen LogP contribution >= 0.6 is 0 Å². The van der Waals surface area contributed by atoms with Gasteiger partial charge in [0.15, 0.2) is 0 Å². The standard InChI is InChI=1S/C10H21NO7/c1-6(14)9(10(17)18)11(2-7(15)4-12)3-8(16)5-13/h6-9,12-16H,2-5H2,1H3,(H,17,18)/t6-,7?,8?,9+/m1/s1. The van der Waals surface area contributed by atoms with E-state index in [4.69, 9.17) is 15.3 Å². The largest absolute Gasteiger partial charge is 0.480 e. The van der Waals surface area contributed by atoms with Crippen molar-refractivity contribution in [3.8, 4) is 0 Å². The van der Waals surface area contributed by atoms with E-state index in [1.54, 1.807) is 0 Å². The topological polar surface area (TPSA) is 142 Å². The predicted octanol–water partition coefficient (Wildman–Crippen LogP) is -3.17. The summed E-state index contributed by atoms with van der Waals surface area (Å²) in [5.74, 6) is -1.32. The molecule has 0 aliphatic rings. The number of aliphatic carboxylic acids is 1. The minimum Gasteiger partial charge on any atom is -0.480 e. The van der Waals surface area contributed by atoms with Crippen molar-refractivity contribution < 1.29 is 35.4 Å². The van der Waals surface area contributed by atoms with Gasteiger partial charge in [-0.15, -0.1) is 0 Å². The maximum absolute atomic E-state index is 11.0. The summed E-state index contributed by atoms with van der Waals surface area (Å²) < 4.78 is 0. The van der Waals surface area contributed by atoms with Crippen LogP contribution in [0.3, 0.4) is 0 Å². The Labute approximate surface area is 105 Å². The molecule has 0 saturated heterocycles. The van der Waals surface area contributed by atoms with Crippen LogP contribution in [0.25, 0.3) is 0 Å². The number of carboxylic acids is 1. The number of aliphatic hydroxyl groups excluding tert-OH is 5. The molecule has 18 heavy (non-hydrogen) atoms. The Morgan fingerprint density at radius 1 is 1.06 bits per heavy atom. The minimum absolute atomic E-state index is 0.241. The third kappa shape index (κ3) is 5.71. The van der Waals surface area contributed by atoms with Crippen molar-refractivity contribution in [2.45, 2.75) is 31.3 Å². The quantitative estimate of drug-likeness (QED) is 0.257. The molecule has 0 aromatic rings. The van der Waals surface area contributed by atoms with Gasteiger partial charge in [-0.05, 0) is 6.92 Å². The number of carbonyl (C=O) groups is 1. The molecule has 0 heterocycles. The molecule has 2 unspecified atom stereocenters. The highest BCUT2D eigenvalue weighted by Crippen LogP contribution is 2.08. The van der Waals surface area contributed by atoms with Gasteiger partial charge in [-0.25, -0.2) is 0 Å². The van der Waals surface area contributed by atoms with E-state index in [1.807, 2.05) is 0 Å². The third-order valence-corrected chi connectivity index (χ3v) is 2.42. The number of hydrogen-bond acceptors (Lipinski definition) is 7. The van der Waals surface area contributed by atoms with Crippen molar-refractivity contribution in [3.05, 3.63) is 0 Å². The van der Waals surface area contributed by atoms with Gasteiger partial charge in [-0.1, -0.05) is 0 Å². The summed E-state index contributed by atoms with van der Waals surface area (Å²) in [7, 11) is 0. The van der Waals surface area contributed by atoms with Gasteiger partial charge in [-0.2, -0.15) is 0 Å². The highest BCUT2D eigenvalue weighted by molar-refractivity contribution is 5.74. The number of hydrogen-bond donors (Lipinski definition) is 6. The first kappa shape index (κ1) is 17.2. The van der Waals surface area contributed by atoms with Gasteiger partial charge in [0, 0.05) is 13.1 Å². The molecule has 0 aromatic carbocycles. The monoisotopic (exact) mass is 267 g/mol. The predicted molar refractivity (Wildman–Crippen MR) is 60.9 cm³/mol. The van der Waals surface area contributed by atoms with E-state index in [9.17, 15) is 20.1 Å². The lowest BCUT2D eigenvalue weighted by Gasteiger charge is -2.32. The van der Waals surface area contributed by atoms with Gasteiger partial charge in [0.1, 0.15) is 6.04 Å². The molecule has 0 aliphatic heterocycles. The zero-order chi connectivity index (χ0) is 14.3. The summed E-state index contributed by atoms with van der Waals surface area (Å²) in [5, 5.41) is 54.5. The number of aliphatic hydroxyl groups is 5. The molecule has 0 fully saturated rings. The van der Waals surface area contributed by atoms with Crippen molar-refractivity contribution in [1.29, 1.82) is 0 Å². The van der Waals surface area contributed by atoms with Crippen LogP contribution in [0.15, 0.2) is 0 Å². The molecule has 0 rings (SSSR count). The second kappa shape index (κ2) is 8.35. The first-order valence-electron chi connectivity index (χ1n) is 5.56. The van der Waals surface area contributed by atoms with E-state index in [2.05, 4.69) is 0 Å².